The van der Waals surface area contributed by atoms with Crippen LogP contribution < -0.4 is 0 Å². The van der Waals surface area contributed by atoms with Crippen LogP contribution in [0.5, 0.6) is 0 Å². The first kappa shape index (κ1) is 13.2. The van der Waals surface area contributed by atoms with Crippen LogP contribution in [-0.4, -0.2) is 10.8 Å². The standard InChI is InChI=1S/C16H21NOS/c1-13-4-6-15(7-5-13)19(18)17-12-14-3-2-8-16(11-14)9-10-16/h4-7,12,14H,2-3,8-11H2,1H3. The predicted molar refractivity (Wildman–Crippen MR) is 79.7 cm³/mol. The largest absolute Gasteiger partial charge is 0.586 e. The second-order valence-electron chi connectivity index (χ2n) is 6.17. The van der Waals surface area contributed by atoms with E-state index in [0.717, 1.165) is 4.90 Å². The van der Waals surface area contributed by atoms with Crippen LogP contribution in [0.3, 0.4) is 0 Å². The highest BCUT2D eigenvalue weighted by Crippen LogP contribution is 2.57. The molecule has 3 heteroatoms. The molecule has 2 nitrogen and oxygen atoms in total. The molecule has 0 saturated heterocycles. The number of hydrogen-bond acceptors (Lipinski definition) is 2. The van der Waals surface area contributed by atoms with Gasteiger partial charge in [-0.15, -0.1) is 0 Å². The normalized spacial score (nSPS) is 26.7. The van der Waals surface area contributed by atoms with E-state index in [1.54, 1.807) is 0 Å². The van der Waals surface area contributed by atoms with Gasteiger partial charge in [-0.05, 0) is 62.5 Å². The molecule has 2 fully saturated rings. The van der Waals surface area contributed by atoms with Crippen LogP contribution in [0, 0.1) is 18.3 Å². The van der Waals surface area contributed by atoms with Gasteiger partial charge in [-0.2, -0.15) is 0 Å². The van der Waals surface area contributed by atoms with Crippen molar-refractivity contribution in [1.29, 1.82) is 0 Å². The van der Waals surface area contributed by atoms with Crippen molar-refractivity contribution < 1.29 is 4.55 Å². The van der Waals surface area contributed by atoms with Crippen LogP contribution in [0.4, 0.5) is 0 Å². The highest BCUT2D eigenvalue weighted by molar-refractivity contribution is 7.90. The topological polar surface area (TPSA) is 35.4 Å². The Bertz CT molecular complexity index is 464. The Labute approximate surface area is 118 Å². The molecule has 0 aliphatic heterocycles. The third-order valence-electron chi connectivity index (χ3n) is 4.52. The molecule has 0 aromatic heterocycles. The van der Waals surface area contributed by atoms with E-state index in [1.807, 2.05) is 37.4 Å². The van der Waals surface area contributed by atoms with E-state index in [0.29, 0.717) is 11.3 Å². The average Bonchev–Trinajstić information content (AvgIpc) is 3.16. The van der Waals surface area contributed by atoms with E-state index >= 15 is 0 Å². The lowest BCUT2D eigenvalue weighted by Crippen LogP contribution is -2.17. The molecular weight excluding hydrogens is 254 g/mol. The van der Waals surface area contributed by atoms with Gasteiger partial charge in [0.1, 0.15) is 11.4 Å². The highest BCUT2D eigenvalue weighted by atomic mass is 32.2. The molecule has 1 aromatic rings. The molecule has 1 aromatic carbocycles. The summed E-state index contributed by atoms with van der Waals surface area (Å²) in [6, 6.07) is 7.79. The van der Waals surface area contributed by atoms with E-state index in [2.05, 4.69) is 4.40 Å². The number of nitrogens with zero attached hydrogens (tertiary/aromatic N) is 1. The smallest absolute Gasteiger partial charge is 0.182 e. The van der Waals surface area contributed by atoms with Gasteiger partial charge >= 0.3 is 0 Å². The van der Waals surface area contributed by atoms with Gasteiger partial charge in [0.15, 0.2) is 4.90 Å². The summed E-state index contributed by atoms with van der Waals surface area (Å²) >= 11 is -1.23. The quantitative estimate of drug-likeness (QED) is 0.605. The minimum Gasteiger partial charge on any atom is -0.586 e. The summed E-state index contributed by atoms with van der Waals surface area (Å²) < 4.78 is 16.4. The summed E-state index contributed by atoms with van der Waals surface area (Å²) in [5, 5.41) is 0. The molecule has 2 aliphatic rings. The summed E-state index contributed by atoms with van der Waals surface area (Å²) in [5.41, 5.74) is 1.84. The van der Waals surface area contributed by atoms with Gasteiger partial charge in [0, 0.05) is 0 Å². The third kappa shape index (κ3) is 3.21. The second kappa shape index (κ2) is 5.29. The van der Waals surface area contributed by atoms with Crippen LogP contribution in [0.25, 0.3) is 0 Å². The fraction of sp³-hybridized carbons (Fsp3) is 0.562. The van der Waals surface area contributed by atoms with E-state index in [-0.39, 0.29) is 0 Å². The Hall–Kier alpha value is -0.800. The molecule has 0 N–H and O–H groups in total. The second-order valence-corrected chi connectivity index (χ2v) is 7.35. The molecule has 1 spiro atoms. The average molecular weight is 275 g/mol. The van der Waals surface area contributed by atoms with Crippen molar-refractivity contribution in [2.24, 2.45) is 15.7 Å². The Kier molecular flexibility index (Phi) is 3.68. The summed E-state index contributed by atoms with van der Waals surface area (Å²) in [6.07, 6.45) is 9.97. The number of aryl methyl sites for hydroxylation is 1. The van der Waals surface area contributed by atoms with E-state index in [4.69, 9.17) is 0 Å². The van der Waals surface area contributed by atoms with Crippen LogP contribution >= 0.6 is 0 Å². The van der Waals surface area contributed by atoms with Crippen LogP contribution in [0.15, 0.2) is 33.6 Å². The van der Waals surface area contributed by atoms with Gasteiger partial charge in [0.25, 0.3) is 0 Å². The molecule has 0 bridgehead atoms. The summed E-state index contributed by atoms with van der Waals surface area (Å²) in [5.74, 6) is 0.547. The molecule has 0 heterocycles. The number of rotatable bonds is 3. The SMILES string of the molecule is Cc1ccc([S+]([O-])N=CC2CCCC3(CC3)C2)cc1. The first-order valence-corrected chi connectivity index (χ1v) is 8.30. The van der Waals surface area contributed by atoms with E-state index < -0.39 is 11.4 Å². The zero-order valence-corrected chi connectivity index (χ0v) is 12.3. The third-order valence-corrected chi connectivity index (χ3v) is 5.51. The number of benzene rings is 1. The van der Waals surface area contributed by atoms with Crippen LogP contribution in [0.2, 0.25) is 0 Å². The zero-order chi connectivity index (χ0) is 13.3. The molecule has 0 amide bonds. The van der Waals surface area contributed by atoms with Crippen LogP contribution in [-0.2, 0) is 11.4 Å². The van der Waals surface area contributed by atoms with Crippen molar-refractivity contribution in [3.63, 3.8) is 0 Å². The zero-order valence-electron chi connectivity index (χ0n) is 11.5. The van der Waals surface area contributed by atoms with Gasteiger partial charge in [0.2, 0.25) is 0 Å². The van der Waals surface area contributed by atoms with Gasteiger partial charge in [-0.3, -0.25) is 0 Å². The lowest BCUT2D eigenvalue weighted by atomic mass is 9.80. The van der Waals surface area contributed by atoms with Gasteiger partial charge in [-0.25, -0.2) is 0 Å². The van der Waals surface area contributed by atoms with Gasteiger partial charge < -0.3 is 4.55 Å². The lowest BCUT2D eigenvalue weighted by molar-refractivity contribution is 0.300. The van der Waals surface area contributed by atoms with Crippen molar-refractivity contribution in [3.8, 4) is 0 Å². The van der Waals surface area contributed by atoms with Crippen molar-refractivity contribution in [1.82, 2.24) is 0 Å². The van der Waals surface area contributed by atoms with Crippen molar-refractivity contribution in [3.05, 3.63) is 29.8 Å². The molecule has 2 aliphatic carbocycles. The molecular formula is C16H21NOS. The fourth-order valence-electron chi connectivity index (χ4n) is 3.11. The summed E-state index contributed by atoms with van der Waals surface area (Å²) in [7, 11) is 0. The molecule has 2 unspecified atom stereocenters. The van der Waals surface area contributed by atoms with Crippen molar-refractivity contribution in [2.75, 3.05) is 0 Å². The first-order valence-electron chi connectivity index (χ1n) is 7.20. The molecule has 2 saturated carbocycles. The van der Waals surface area contributed by atoms with Gasteiger partial charge in [-0.1, -0.05) is 28.5 Å². The molecule has 19 heavy (non-hydrogen) atoms. The molecule has 102 valence electrons. The Balaban J connectivity index is 1.60. The maximum absolute atomic E-state index is 12.1. The number of hydrogen-bond donors (Lipinski definition) is 0. The minimum absolute atomic E-state index is 0.547. The summed E-state index contributed by atoms with van der Waals surface area (Å²) in [6.45, 7) is 2.03. The highest BCUT2D eigenvalue weighted by Gasteiger charge is 2.45. The van der Waals surface area contributed by atoms with Crippen molar-refractivity contribution in [2.45, 2.75) is 50.3 Å². The maximum atomic E-state index is 12.1. The monoisotopic (exact) mass is 275 g/mol. The van der Waals surface area contributed by atoms with E-state index in [1.165, 1.54) is 44.1 Å². The minimum atomic E-state index is -1.23. The van der Waals surface area contributed by atoms with Gasteiger partial charge in [0.05, 0.1) is 6.21 Å². The fourth-order valence-corrected chi connectivity index (χ4v) is 3.89. The van der Waals surface area contributed by atoms with E-state index in [9.17, 15) is 4.55 Å². The molecule has 0 radical (unpaired) electrons. The first-order chi connectivity index (χ1) is 9.17. The molecule has 3 rings (SSSR count). The predicted octanol–water partition coefficient (Wildman–Crippen LogP) is 4.06. The Morgan fingerprint density at radius 3 is 2.68 bits per heavy atom. The Morgan fingerprint density at radius 1 is 1.26 bits per heavy atom. The summed E-state index contributed by atoms with van der Waals surface area (Å²) in [4.78, 5) is 0.804. The van der Waals surface area contributed by atoms with Crippen LogP contribution in [0.1, 0.15) is 44.1 Å². The van der Waals surface area contributed by atoms with Crippen molar-refractivity contribution >= 4 is 17.6 Å². The lowest BCUT2D eigenvalue weighted by Gasteiger charge is -2.26. The Morgan fingerprint density at radius 2 is 2.00 bits per heavy atom. The molecule has 2 atom stereocenters. The maximum Gasteiger partial charge on any atom is 0.182 e.